The lowest BCUT2D eigenvalue weighted by Gasteiger charge is -2.45. The number of hydrogen-bond donors (Lipinski definition) is 2. The molecule has 0 bridgehead atoms. The maximum absolute atomic E-state index is 6.36. The average molecular weight is 275 g/mol. The van der Waals surface area contributed by atoms with Gasteiger partial charge in [-0.1, -0.05) is 33.8 Å². The van der Waals surface area contributed by atoms with Gasteiger partial charge in [-0.2, -0.15) is 0 Å². The summed E-state index contributed by atoms with van der Waals surface area (Å²) in [5.74, 6) is 0.987. The molecule has 0 fully saturated rings. The van der Waals surface area contributed by atoms with E-state index >= 15 is 0 Å². The zero-order valence-electron chi connectivity index (χ0n) is 13.7. The zero-order valence-corrected chi connectivity index (χ0v) is 13.7. The molecule has 1 heterocycles. The smallest absolute Gasteiger partial charge is 0.111 e. The van der Waals surface area contributed by atoms with Gasteiger partial charge in [-0.25, -0.2) is 0 Å². The fourth-order valence-electron chi connectivity index (χ4n) is 3.99. The number of aromatic nitrogens is 1. The summed E-state index contributed by atoms with van der Waals surface area (Å²) in [6.07, 6.45) is 6.46. The van der Waals surface area contributed by atoms with Crippen molar-refractivity contribution >= 4 is 0 Å². The first-order chi connectivity index (χ1) is 9.18. The van der Waals surface area contributed by atoms with E-state index in [4.69, 9.17) is 11.5 Å². The van der Waals surface area contributed by atoms with Crippen LogP contribution < -0.4 is 11.5 Å². The van der Waals surface area contributed by atoms with Crippen LogP contribution in [0.15, 0.2) is 18.3 Å². The minimum Gasteiger partial charge on any atom is -0.350 e. The largest absolute Gasteiger partial charge is 0.350 e. The van der Waals surface area contributed by atoms with Crippen LogP contribution in [0.5, 0.6) is 0 Å². The Morgan fingerprint density at radius 3 is 2.10 bits per heavy atom. The van der Waals surface area contributed by atoms with Crippen molar-refractivity contribution in [1.82, 2.24) is 4.57 Å². The molecule has 1 aliphatic rings. The molecule has 3 heteroatoms. The topological polar surface area (TPSA) is 57.0 Å². The van der Waals surface area contributed by atoms with Gasteiger partial charge in [-0.05, 0) is 37.3 Å². The van der Waals surface area contributed by atoms with Crippen LogP contribution in [-0.4, -0.2) is 4.57 Å². The molecule has 20 heavy (non-hydrogen) atoms. The molecule has 3 nitrogen and oxygen atoms in total. The number of aryl methyl sites for hydroxylation is 2. The molecule has 1 aromatic rings. The van der Waals surface area contributed by atoms with Crippen molar-refractivity contribution in [3.05, 3.63) is 35.2 Å². The van der Waals surface area contributed by atoms with Crippen molar-refractivity contribution in [2.45, 2.75) is 59.2 Å². The van der Waals surface area contributed by atoms with Crippen LogP contribution in [-0.2, 0) is 17.6 Å². The first-order valence-electron chi connectivity index (χ1n) is 7.67. The Labute approximate surface area is 123 Å². The van der Waals surface area contributed by atoms with Crippen LogP contribution in [0.25, 0.3) is 0 Å². The fourth-order valence-corrected chi connectivity index (χ4v) is 3.99. The summed E-state index contributed by atoms with van der Waals surface area (Å²) in [4.78, 5) is 0. The molecule has 1 aromatic heterocycles. The van der Waals surface area contributed by atoms with Gasteiger partial charge >= 0.3 is 0 Å². The van der Waals surface area contributed by atoms with E-state index in [9.17, 15) is 0 Å². The number of nitrogens with two attached hydrogens (primary N) is 2. The normalized spacial score (nSPS) is 19.7. The lowest BCUT2D eigenvalue weighted by atomic mass is 9.62. The third-order valence-corrected chi connectivity index (χ3v) is 5.00. The van der Waals surface area contributed by atoms with Crippen molar-refractivity contribution in [2.75, 3.05) is 0 Å². The van der Waals surface area contributed by atoms with Gasteiger partial charge in [0.25, 0.3) is 0 Å². The van der Waals surface area contributed by atoms with E-state index in [1.165, 1.54) is 11.3 Å². The molecule has 0 spiro atoms. The van der Waals surface area contributed by atoms with Crippen molar-refractivity contribution in [1.29, 1.82) is 0 Å². The Balaban J connectivity index is 2.85. The number of fused-ring (bicyclic) bond motifs is 1. The zero-order chi connectivity index (χ0) is 15.3. The molecule has 0 unspecified atom stereocenters. The van der Waals surface area contributed by atoms with Crippen LogP contribution in [0.2, 0.25) is 0 Å². The second-order valence-corrected chi connectivity index (χ2v) is 6.83. The second-order valence-electron chi connectivity index (χ2n) is 6.83. The molecule has 0 aromatic carbocycles. The lowest BCUT2D eigenvalue weighted by molar-refractivity contribution is 0.255. The van der Waals surface area contributed by atoms with E-state index in [1.54, 1.807) is 0 Å². The Hall–Kier alpha value is -1.06. The summed E-state index contributed by atoms with van der Waals surface area (Å²) in [5, 5.41) is 0. The summed E-state index contributed by atoms with van der Waals surface area (Å²) in [7, 11) is 0. The number of rotatable bonds is 3. The Kier molecular flexibility index (Phi) is 3.64. The lowest BCUT2D eigenvalue weighted by Crippen LogP contribution is -2.52. The quantitative estimate of drug-likeness (QED) is 0.658. The Morgan fingerprint density at radius 2 is 1.65 bits per heavy atom. The molecule has 0 saturated carbocycles. The van der Waals surface area contributed by atoms with E-state index < -0.39 is 5.66 Å². The van der Waals surface area contributed by atoms with Crippen molar-refractivity contribution in [3.63, 3.8) is 0 Å². The minimum atomic E-state index is -0.854. The van der Waals surface area contributed by atoms with Gasteiger partial charge in [0.15, 0.2) is 0 Å². The van der Waals surface area contributed by atoms with Gasteiger partial charge in [-0.15, -0.1) is 0 Å². The maximum Gasteiger partial charge on any atom is 0.111 e. The summed E-state index contributed by atoms with van der Waals surface area (Å²) < 4.78 is 2.34. The van der Waals surface area contributed by atoms with Gasteiger partial charge in [0.2, 0.25) is 0 Å². The van der Waals surface area contributed by atoms with E-state index in [0.29, 0.717) is 11.8 Å². The molecule has 0 radical (unpaired) electrons. The average Bonchev–Trinajstić information content (AvgIpc) is 2.67. The molecule has 0 aliphatic heterocycles. The standard InChI is InChI=1S/C17H29N3/c1-7-20-10-13(6)14-15(20)16(11(2)3,12(4)5)8-9-17(14,18)19/h8-12H,7,18-19H2,1-6H3. The van der Waals surface area contributed by atoms with Gasteiger partial charge < -0.3 is 16.0 Å². The van der Waals surface area contributed by atoms with Gasteiger partial charge in [0.1, 0.15) is 5.66 Å². The predicted molar refractivity (Wildman–Crippen MR) is 85.4 cm³/mol. The number of hydrogen-bond acceptors (Lipinski definition) is 2. The molecule has 1 aliphatic carbocycles. The first-order valence-corrected chi connectivity index (χ1v) is 7.67. The molecular formula is C17H29N3. The van der Waals surface area contributed by atoms with Crippen molar-refractivity contribution < 1.29 is 0 Å². The Bertz CT molecular complexity index is 525. The third-order valence-electron chi connectivity index (χ3n) is 5.00. The molecule has 2 rings (SSSR count). The monoisotopic (exact) mass is 275 g/mol. The molecule has 4 N–H and O–H groups in total. The molecule has 0 amide bonds. The summed E-state index contributed by atoms with van der Waals surface area (Å²) in [6, 6.07) is 0. The maximum atomic E-state index is 6.36. The van der Waals surface area contributed by atoms with Crippen LogP contribution >= 0.6 is 0 Å². The van der Waals surface area contributed by atoms with Gasteiger partial charge in [0.05, 0.1) is 0 Å². The molecule has 0 saturated heterocycles. The SMILES string of the molecule is CCn1cc(C)c2c1C(C(C)C)(C(C)C)C=CC2(N)N. The Morgan fingerprint density at radius 1 is 1.10 bits per heavy atom. The highest BCUT2D eigenvalue weighted by molar-refractivity contribution is 5.50. The number of allylic oxidation sites excluding steroid dienone is 1. The summed E-state index contributed by atoms with van der Waals surface area (Å²) >= 11 is 0. The van der Waals surface area contributed by atoms with E-state index in [-0.39, 0.29) is 5.41 Å². The first kappa shape index (κ1) is 15.3. The van der Waals surface area contributed by atoms with Crippen molar-refractivity contribution in [2.24, 2.45) is 23.3 Å². The third kappa shape index (κ3) is 1.87. The van der Waals surface area contributed by atoms with Gasteiger partial charge in [-0.3, -0.25) is 0 Å². The molecular weight excluding hydrogens is 246 g/mol. The minimum absolute atomic E-state index is 0.00183. The van der Waals surface area contributed by atoms with E-state index in [0.717, 1.165) is 12.1 Å². The predicted octanol–water partition coefficient (Wildman–Crippen LogP) is 3.01. The van der Waals surface area contributed by atoms with Crippen LogP contribution in [0.3, 0.4) is 0 Å². The highest BCUT2D eigenvalue weighted by atomic mass is 15.0. The highest BCUT2D eigenvalue weighted by Gasteiger charge is 2.46. The number of nitrogens with zero attached hydrogens (tertiary/aromatic N) is 1. The summed E-state index contributed by atoms with van der Waals surface area (Å²) in [6.45, 7) is 14.4. The van der Waals surface area contributed by atoms with E-state index in [1.807, 2.05) is 6.08 Å². The van der Waals surface area contributed by atoms with Gasteiger partial charge in [0, 0.05) is 29.4 Å². The fraction of sp³-hybridized carbons (Fsp3) is 0.647. The molecule has 112 valence electrons. The van der Waals surface area contributed by atoms with Crippen LogP contribution in [0.4, 0.5) is 0 Å². The van der Waals surface area contributed by atoms with Crippen molar-refractivity contribution in [3.8, 4) is 0 Å². The second kappa shape index (κ2) is 4.74. The van der Waals surface area contributed by atoms with E-state index in [2.05, 4.69) is 58.4 Å². The highest BCUT2D eigenvalue weighted by Crippen LogP contribution is 2.48. The summed E-state index contributed by atoms with van der Waals surface area (Å²) in [5.41, 5.74) is 15.5. The van der Waals surface area contributed by atoms with Crippen LogP contribution in [0.1, 0.15) is 51.4 Å². The van der Waals surface area contributed by atoms with Crippen LogP contribution in [0, 0.1) is 18.8 Å². The molecule has 0 atom stereocenters.